The van der Waals surface area contributed by atoms with Gasteiger partial charge >= 0.3 is 0 Å². The SMILES string of the molecule is BrC1=C(Cc2ccccc2)CCC1. The maximum atomic E-state index is 3.64. The Kier molecular flexibility index (Phi) is 2.84. The Morgan fingerprint density at radius 2 is 1.85 bits per heavy atom. The number of halogens is 1. The largest absolute Gasteiger partial charge is 0.0622 e. The zero-order valence-electron chi connectivity index (χ0n) is 7.59. The van der Waals surface area contributed by atoms with Gasteiger partial charge in [0.15, 0.2) is 0 Å². The highest BCUT2D eigenvalue weighted by molar-refractivity contribution is 9.11. The third-order valence-corrected chi connectivity index (χ3v) is 3.48. The van der Waals surface area contributed by atoms with E-state index in [2.05, 4.69) is 46.3 Å². The molecule has 1 heteroatoms. The summed E-state index contributed by atoms with van der Waals surface area (Å²) in [5.41, 5.74) is 3.02. The van der Waals surface area contributed by atoms with Crippen molar-refractivity contribution in [3.63, 3.8) is 0 Å². The molecule has 0 heterocycles. The fraction of sp³-hybridized carbons (Fsp3) is 0.333. The second-order valence-corrected chi connectivity index (χ2v) is 4.48. The van der Waals surface area contributed by atoms with Crippen LogP contribution in [0, 0.1) is 0 Å². The monoisotopic (exact) mass is 236 g/mol. The molecule has 0 fully saturated rings. The van der Waals surface area contributed by atoms with Gasteiger partial charge in [0.1, 0.15) is 0 Å². The summed E-state index contributed by atoms with van der Waals surface area (Å²) < 4.78 is 1.44. The second kappa shape index (κ2) is 4.10. The Balaban J connectivity index is 2.11. The van der Waals surface area contributed by atoms with Gasteiger partial charge in [-0.15, -0.1) is 0 Å². The predicted molar refractivity (Wildman–Crippen MR) is 60.0 cm³/mol. The van der Waals surface area contributed by atoms with Gasteiger partial charge in [-0.05, 0) is 35.7 Å². The van der Waals surface area contributed by atoms with Crippen molar-refractivity contribution in [3.05, 3.63) is 46.0 Å². The molecule has 0 aliphatic heterocycles. The van der Waals surface area contributed by atoms with Crippen molar-refractivity contribution in [1.29, 1.82) is 0 Å². The van der Waals surface area contributed by atoms with Crippen LogP contribution in [0.25, 0.3) is 0 Å². The summed E-state index contributed by atoms with van der Waals surface area (Å²) in [6, 6.07) is 10.7. The van der Waals surface area contributed by atoms with Gasteiger partial charge in [0.2, 0.25) is 0 Å². The van der Waals surface area contributed by atoms with Crippen molar-refractivity contribution in [2.75, 3.05) is 0 Å². The standard InChI is InChI=1S/C12H13Br/c13-12-8-4-7-11(12)9-10-5-2-1-3-6-10/h1-3,5-6H,4,7-9H2. The Bertz CT molecular complexity index is 311. The van der Waals surface area contributed by atoms with Crippen molar-refractivity contribution in [2.24, 2.45) is 0 Å². The fourth-order valence-electron chi connectivity index (χ4n) is 1.80. The van der Waals surface area contributed by atoms with Crippen molar-refractivity contribution in [2.45, 2.75) is 25.7 Å². The van der Waals surface area contributed by atoms with Gasteiger partial charge in [-0.1, -0.05) is 51.8 Å². The van der Waals surface area contributed by atoms with E-state index < -0.39 is 0 Å². The highest BCUT2D eigenvalue weighted by Gasteiger charge is 2.11. The first kappa shape index (κ1) is 9.01. The molecule has 0 N–H and O–H groups in total. The van der Waals surface area contributed by atoms with E-state index in [-0.39, 0.29) is 0 Å². The molecule has 68 valence electrons. The molecule has 0 spiro atoms. The fourth-order valence-corrected chi connectivity index (χ4v) is 2.41. The number of hydrogen-bond donors (Lipinski definition) is 0. The molecule has 0 saturated heterocycles. The molecular weight excluding hydrogens is 224 g/mol. The van der Waals surface area contributed by atoms with Gasteiger partial charge in [-0.25, -0.2) is 0 Å². The smallest absolute Gasteiger partial charge is 0.00539 e. The summed E-state index contributed by atoms with van der Waals surface area (Å²) in [5, 5.41) is 0. The highest BCUT2D eigenvalue weighted by atomic mass is 79.9. The molecule has 1 aromatic rings. The molecule has 1 aromatic carbocycles. The van der Waals surface area contributed by atoms with Crippen LogP contribution in [0.4, 0.5) is 0 Å². The molecule has 0 nitrogen and oxygen atoms in total. The van der Waals surface area contributed by atoms with Crippen LogP contribution in [0.15, 0.2) is 40.4 Å². The number of rotatable bonds is 2. The molecule has 0 amide bonds. The average Bonchev–Trinajstić information content (AvgIpc) is 2.54. The third-order valence-electron chi connectivity index (χ3n) is 2.52. The molecule has 1 aliphatic carbocycles. The summed E-state index contributed by atoms with van der Waals surface area (Å²) in [6.07, 6.45) is 4.96. The Hall–Kier alpha value is -0.560. The lowest BCUT2D eigenvalue weighted by Crippen LogP contribution is -1.87. The maximum absolute atomic E-state index is 3.64. The number of hydrogen-bond acceptors (Lipinski definition) is 0. The third kappa shape index (κ3) is 2.22. The molecular formula is C12H13Br. The van der Waals surface area contributed by atoms with Crippen LogP contribution >= 0.6 is 15.9 Å². The Morgan fingerprint density at radius 3 is 2.46 bits per heavy atom. The molecule has 13 heavy (non-hydrogen) atoms. The van der Waals surface area contributed by atoms with Gasteiger partial charge in [0.25, 0.3) is 0 Å². The van der Waals surface area contributed by atoms with Crippen LogP contribution in [0.1, 0.15) is 24.8 Å². The van der Waals surface area contributed by atoms with Gasteiger partial charge in [-0.3, -0.25) is 0 Å². The minimum Gasteiger partial charge on any atom is -0.0622 e. The highest BCUT2D eigenvalue weighted by Crippen LogP contribution is 2.32. The first-order valence-corrected chi connectivity index (χ1v) is 5.56. The molecule has 2 rings (SSSR count). The summed E-state index contributed by atoms with van der Waals surface area (Å²) in [6.45, 7) is 0. The molecule has 0 bridgehead atoms. The van der Waals surface area contributed by atoms with E-state index in [1.54, 1.807) is 5.57 Å². The van der Waals surface area contributed by atoms with E-state index >= 15 is 0 Å². The quantitative estimate of drug-likeness (QED) is 0.727. The first-order valence-electron chi connectivity index (χ1n) is 4.76. The second-order valence-electron chi connectivity index (χ2n) is 3.52. The van der Waals surface area contributed by atoms with Gasteiger partial charge in [0.05, 0.1) is 0 Å². The van der Waals surface area contributed by atoms with Crippen LogP contribution in [-0.2, 0) is 6.42 Å². The van der Waals surface area contributed by atoms with Gasteiger partial charge < -0.3 is 0 Å². The van der Waals surface area contributed by atoms with Gasteiger partial charge in [-0.2, -0.15) is 0 Å². The zero-order valence-corrected chi connectivity index (χ0v) is 9.18. The minimum absolute atomic E-state index is 1.13. The molecule has 0 radical (unpaired) electrons. The predicted octanol–water partition coefficient (Wildman–Crippen LogP) is 4.06. The number of benzene rings is 1. The Labute approximate surface area is 87.8 Å². The minimum atomic E-state index is 1.13. The topological polar surface area (TPSA) is 0 Å². The van der Waals surface area contributed by atoms with Crippen molar-refractivity contribution in [1.82, 2.24) is 0 Å². The lowest BCUT2D eigenvalue weighted by atomic mass is 10.1. The molecule has 1 aliphatic rings. The summed E-state index contributed by atoms with van der Waals surface area (Å²) in [5.74, 6) is 0. The van der Waals surface area contributed by atoms with E-state index in [0.29, 0.717) is 0 Å². The van der Waals surface area contributed by atoms with E-state index in [1.807, 2.05) is 0 Å². The molecule has 0 unspecified atom stereocenters. The maximum Gasteiger partial charge on any atom is -0.00539 e. The average molecular weight is 237 g/mol. The molecule has 0 saturated carbocycles. The van der Waals surface area contributed by atoms with Gasteiger partial charge in [0, 0.05) is 0 Å². The van der Waals surface area contributed by atoms with Crippen molar-refractivity contribution >= 4 is 15.9 Å². The molecule has 0 aromatic heterocycles. The lowest BCUT2D eigenvalue weighted by molar-refractivity contribution is 0.886. The summed E-state index contributed by atoms with van der Waals surface area (Å²) in [4.78, 5) is 0. The summed E-state index contributed by atoms with van der Waals surface area (Å²) in [7, 11) is 0. The van der Waals surface area contributed by atoms with Crippen molar-refractivity contribution < 1.29 is 0 Å². The number of allylic oxidation sites excluding steroid dienone is 2. The summed E-state index contributed by atoms with van der Waals surface area (Å²) >= 11 is 3.64. The first-order chi connectivity index (χ1) is 6.36. The van der Waals surface area contributed by atoms with Crippen LogP contribution in [0.2, 0.25) is 0 Å². The molecule has 0 atom stereocenters. The van der Waals surface area contributed by atoms with E-state index in [1.165, 1.54) is 29.3 Å². The Morgan fingerprint density at radius 1 is 1.08 bits per heavy atom. The van der Waals surface area contributed by atoms with Crippen LogP contribution in [0.3, 0.4) is 0 Å². The van der Waals surface area contributed by atoms with Crippen molar-refractivity contribution in [3.8, 4) is 0 Å². The van der Waals surface area contributed by atoms with Crippen LogP contribution in [0.5, 0.6) is 0 Å². The van der Waals surface area contributed by atoms with E-state index in [0.717, 1.165) is 6.42 Å². The van der Waals surface area contributed by atoms with Crippen LogP contribution < -0.4 is 0 Å². The van der Waals surface area contributed by atoms with E-state index in [9.17, 15) is 0 Å². The normalized spacial score (nSPS) is 16.7. The lowest BCUT2D eigenvalue weighted by Gasteiger charge is -2.02. The van der Waals surface area contributed by atoms with E-state index in [4.69, 9.17) is 0 Å². The zero-order chi connectivity index (χ0) is 9.10. The van der Waals surface area contributed by atoms with Crippen LogP contribution in [-0.4, -0.2) is 0 Å².